The van der Waals surface area contributed by atoms with Crippen LogP contribution in [0.25, 0.3) is 33.5 Å². The number of hydrogen-bond acceptors (Lipinski definition) is 42. The van der Waals surface area contributed by atoms with Gasteiger partial charge in [-0.1, -0.05) is 0 Å². The minimum Gasteiger partial charge on any atom is -0.479 e. The van der Waals surface area contributed by atoms with Gasteiger partial charge < -0.3 is 89.4 Å². The second-order valence-electron chi connectivity index (χ2n) is 22.2. The number of carbonyl (C=O) groups excluding carboxylic acids is 3. The number of hydrogen-bond donors (Lipinski definition) is 6. The van der Waals surface area contributed by atoms with Crippen molar-refractivity contribution in [2.24, 2.45) is 0 Å². The van der Waals surface area contributed by atoms with Crippen molar-refractivity contribution >= 4 is 93.3 Å². The van der Waals surface area contributed by atoms with Crippen molar-refractivity contribution in [3.63, 3.8) is 0 Å². The number of aliphatic hydroxyl groups is 3. The third-order valence-electron chi connectivity index (χ3n) is 15.0. The minimum absolute atomic E-state index is 0.0655. The van der Waals surface area contributed by atoms with Crippen LogP contribution in [0.4, 0.5) is 32.2 Å². The molecule has 48 heteroatoms. The monoisotopic (exact) mass is 1470 g/mol. The van der Waals surface area contributed by atoms with E-state index in [9.17, 15) is 43.4 Å². The zero-order valence-corrected chi connectivity index (χ0v) is 57.4. The Morgan fingerprint density at radius 1 is 0.495 bits per heavy atom. The largest absolute Gasteiger partial charge is 0.510 e. The third kappa shape index (κ3) is 15.3. The van der Waals surface area contributed by atoms with Crippen molar-refractivity contribution in [3.05, 3.63) is 19.0 Å². The van der Waals surface area contributed by atoms with Crippen LogP contribution in [-0.4, -0.2) is 226 Å². The van der Waals surface area contributed by atoms with Gasteiger partial charge in [0.05, 0.1) is 80.0 Å². The Bertz CT molecular complexity index is 3680. The van der Waals surface area contributed by atoms with Crippen LogP contribution in [0.2, 0.25) is 0 Å². The number of phosphoric acid groups is 3. The molecule has 0 aromatic carbocycles. The van der Waals surface area contributed by atoms with E-state index in [1.165, 1.54) is 95.6 Å². The Hall–Kier alpha value is -7.65. The second kappa shape index (κ2) is 29.1. The second-order valence-corrected chi connectivity index (χ2v) is 27.0. The summed E-state index contributed by atoms with van der Waals surface area (Å²) in [5, 5.41) is 33.9. The first kappa shape index (κ1) is 74.1. The third-order valence-corrected chi connectivity index (χ3v) is 19.6. The number of nitrogens with two attached hydrogens (primary N) is 3. The first-order valence-corrected chi connectivity index (χ1v) is 34.2. The number of fused-ring (bicyclic) bond motifs is 6. The van der Waals surface area contributed by atoms with Gasteiger partial charge in [-0.25, -0.2) is 56.6 Å². The predicted octanol–water partition coefficient (Wildman–Crippen LogP) is 3.37. The van der Waals surface area contributed by atoms with Crippen molar-refractivity contribution < 1.29 is 141 Å². The number of methoxy groups -OCH3 is 3. The molecule has 12 rings (SSSR count). The minimum atomic E-state index is -4.23. The summed E-state index contributed by atoms with van der Waals surface area (Å²) in [6.45, 7) is 12.6. The summed E-state index contributed by atoms with van der Waals surface area (Å²) >= 11 is 0. The summed E-state index contributed by atoms with van der Waals surface area (Å²) in [5.74, 6) is 0.260. The molecule has 99 heavy (non-hydrogen) atoms. The van der Waals surface area contributed by atoms with Gasteiger partial charge in [0.25, 0.3) is 0 Å². The van der Waals surface area contributed by atoms with Gasteiger partial charge in [0.1, 0.15) is 53.4 Å². The van der Waals surface area contributed by atoms with Crippen LogP contribution in [-0.2, 0) is 97.0 Å². The van der Waals surface area contributed by atoms with Gasteiger partial charge in [-0.2, -0.15) is 29.9 Å². The zero-order valence-electron chi connectivity index (χ0n) is 54.7. The Balaban J connectivity index is 0.000000161. The Kier molecular flexibility index (Phi) is 21.8. The molecule has 0 amide bonds. The van der Waals surface area contributed by atoms with E-state index in [2.05, 4.69) is 59.1 Å². The van der Waals surface area contributed by atoms with Crippen molar-refractivity contribution in [2.45, 2.75) is 153 Å². The molecule has 12 heterocycles. The molecule has 45 nitrogen and oxygen atoms in total. The average molecular weight is 1470 g/mol. The van der Waals surface area contributed by atoms with E-state index in [1.807, 2.05) is 0 Å². The number of aromatic nitrogens is 12. The van der Waals surface area contributed by atoms with E-state index in [0.717, 1.165) is 0 Å². The molecule has 18 atom stereocenters. The lowest BCUT2D eigenvalue weighted by molar-refractivity contribution is -0.114. The Morgan fingerprint density at radius 3 is 0.980 bits per heavy atom. The maximum Gasteiger partial charge on any atom is 0.510 e. The maximum absolute atomic E-state index is 13.0. The molecule has 0 radical (unpaired) electrons. The van der Waals surface area contributed by atoms with E-state index in [4.69, 9.17) is 101 Å². The topological polar surface area (TPSA) is 566 Å². The lowest BCUT2D eigenvalue weighted by atomic mass is 9.96. The maximum atomic E-state index is 13.0. The van der Waals surface area contributed by atoms with Crippen LogP contribution in [0.3, 0.4) is 0 Å². The van der Waals surface area contributed by atoms with E-state index in [1.54, 1.807) is 20.8 Å². The van der Waals surface area contributed by atoms with Gasteiger partial charge in [0.15, 0.2) is 52.2 Å². The quantitative estimate of drug-likeness (QED) is 0.0311. The van der Waals surface area contributed by atoms with Gasteiger partial charge in [-0.15, -0.1) is 0 Å². The van der Waals surface area contributed by atoms with Gasteiger partial charge in [-0.05, 0) is 62.3 Å². The summed E-state index contributed by atoms with van der Waals surface area (Å²) in [4.78, 5) is 71.4. The van der Waals surface area contributed by atoms with Crippen molar-refractivity contribution in [3.8, 4) is 17.6 Å². The molecule has 0 spiro atoms. The summed E-state index contributed by atoms with van der Waals surface area (Å²) in [5.41, 5.74) is 13.7. The number of phosphoric ester groups is 3. The molecule has 6 saturated heterocycles. The molecule has 0 aliphatic carbocycles. The Labute approximate surface area is 559 Å². The van der Waals surface area contributed by atoms with Gasteiger partial charge in [0, 0.05) is 0 Å². The van der Waals surface area contributed by atoms with E-state index in [-0.39, 0.29) is 92.1 Å². The van der Waals surface area contributed by atoms with Crippen molar-refractivity contribution in [1.29, 1.82) is 0 Å². The van der Waals surface area contributed by atoms with Crippen LogP contribution in [0, 0.1) is 0 Å². The molecular formula is C51H72N15O30P3. The molecule has 6 aliphatic rings. The number of anilines is 3. The highest BCUT2D eigenvalue weighted by atomic mass is 31.2. The van der Waals surface area contributed by atoms with Gasteiger partial charge >= 0.3 is 41.9 Å². The zero-order chi connectivity index (χ0) is 71.9. The normalized spacial score (nSPS) is 32.3. The summed E-state index contributed by atoms with van der Waals surface area (Å²) in [6.07, 6.45) is -11.8. The molecule has 0 bridgehead atoms. The summed E-state index contributed by atoms with van der Waals surface area (Å²) < 4.78 is 153. The number of nitrogen functional groups attached to an aromatic ring is 3. The molecule has 6 aromatic heterocycles. The van der Waals surface area contributed by atoms with Crippen molar-refractivity contribution in [2.75, 3.05) is 78.2 Å². The fourth-order valence-corrected chi connectivity index (χ4v) is 15.5. The molecule has 6 aliphatic heterocycles. The molecule has 6 aromatic rings. The number of rotatable bonds is 18. The van der Waals surface area contributed by atoms with Crippen LogP contribution >= 0.6 is 23.5 Å². The van der Waals surface area contributed by atoms with E-state index < -0.39 is 133 Å². The standard InChI is InChI=1S/3C17H24N5O10P/c3*1-5-27-16(23)29-8(2)31-33(25)28-6-9-11(32-33)17(3,24)14(30-9)22-7-19-10-12(22)20-15(18)21-13(10)26-4/h3*7-9,11,14,24H,5-6H2,1-4H3,(H2,18,20,21)/t8?,9-,11-,14-,17-,33?;8?,9-,11-,14-,17-,33+;8?,9-,11-,14-,17-,33-/m111/s1. The molecule has 546 valence electrons. The molecule has 6 fully saturated rings. The smallest absolute Gasteiger partial charge is 0.479 e. The Morgan fingerprint density at radius 2 is 0.747 bits per heavy atom. The highest BCUT2D eigenvalue weighted by Gasteiger charge is 2.64. The van der Waals surface area contributed by atoms with Crippen LogP contribution in [0.5, 0.6) is 17.6 Å². The highest BCUT2D eigenvalue weighted by molar-refractivity contribution is 7.49. The van der Waals surface area contributed by atoms with Crippen molar-refractivity contribution in [1.82, 2.24) is 58.6 Å². The number of carbonyl (C=O) groups is 3. The van der Waals surface area contributed by atoms with Crippen LogP contribution in [0.15, 0.2) is 19.0 Å². The summed E-state index contributed by atoms with van der Waals surface area (Å²) in [6, 6.07) is 0. The van der Waals surface area contributed by atoms with E-state index in [0.29, 0.717) is 16.6 Å². The first-order chi connectivity index (χ1) is 46.7. The molecule has 0 saturated carbocycles. The first-order valence-electron chi connectivity index (χ1n) is 29.8. The van der Waals surface area contributed by atoms with Gasteiger partial charge in [0.2, 0.25) is 54.4 Å². The lowest BCUT2D eigenvalue weighted by Crippen LogP contribution is -2.47. The fraction of sp³-hybridized carbons (Fsp3) is 0.647. The predicted molar refractivity (Wildman–Crippen MR) is 324 cm³/mol. The average Bonchev–Trinajstić information content (AvgIpc) is 1.60. The van der Waals surface area contributed by atoms with Crippen LogP contribution in [0.1, 0.15) is 81.0 Å². The SMILES string of the molecule is CCOC(=O)OC(C)OP1(=O)OC[C@H]2O[C@@H](n3cnc4c(OC)nc(N)nc43)[C@](C)(O)[C@@H]2O1.CCOC(=O)OC(C)O[P@@]1(=O)OC[C@H]2O[C@@H](n3cnc4c(OC)nc(N)nc43)[C@](C)(O)[C@@H]2O1.CCOC(=O)OC(C)O[P@]1(=O)OC[C@H]2O[C@@H](n3cnc4c(OC)nc(N)nc43)[C@](C)(O)[C@@H]2O1. The molecule has 9 N–H and O–H groups in total. The van der Waals surface area contributed by atoms with E-state index >= 15 is 0 Å². The van der Waals surface area contributed by atoms with Gasteiger partial charge in [-0.3, -0.25) is 40.8 Å². The number of ether oxygens (including phenoxy) is 12. The highest BCUT2D eigenvalue weighted by Crippen LogP contribution is 2.62. The molecule has 4 unspecified atom stereocenters. The van der Waals surface area contributed by atoms with Crippen LogP contribution < -0.4 is 31.4 Å². The summed E-state index contributed by atoms with van der Waals surface area (Å²) in [7, 11) is -8.46. The number of imidazole rings is 3. The number of nitrogens with zero attached hydrogens (tertiary/aromatic N) is 12. The molecular weight excluding hydrogens is 1400 g/mol. The fourth-order valence-electron chi connectivity index (χ4n) is 10.9. The lowest BCUT2D eigenvalue weighted by Gasteiger charge is -2.35.